The summed E-state index contributed by atoms with van der Waals surface area (Å²) < 4.78 is 5.27. The standard InChI is InChI=1S/C22H25N3O3/c1-28-15-14-25-21(27)17-9-3-2-8-16(17)19(22(25)11-5-6-12-22)20(26)24-18-10-4-7-13-23-18/h2-4,7-10,13,19H,5-6,11-12,14-15H2,1H3,(H,23,24,26)/t19-/m1/s1. The maximum Gasteiger partial charge on any atom is 0.254 e. The zero-order chi connectivity index (χ0) is 19.6. The van der Waals surface area contributed by atoms with E-state index in [0.29, 0.717) is 24.5 Å². The molecule has 4 rings (SSSR count). The first-order valence-corrected chi connectivity index (χ1v) is 9.79. The summed E-state index contributed by atoms with van der Waals surface area (Å²) >= 11 is 0. The lowest BCUT2D eigenvalue weighted by Crippen LogP contribution is -2.60. The molecule has 1 aliphatic heterocycles. The maximum absolute atomic E-state index is 13.5. The van der Waals surface area contributed by atoms with Crippen molar-refractivity contribution in [2.24, 2.45) is 0 Å². The third-order valence-electron chi connectivity index (χ3n) is 5.99. The Morgan fingerprint density at radius 1 is 1.21 bits per heavy atom. The summed E-state index contributed by atoms with van der Waals surface area (Å²) in [6.45, 7) is 0.932. The highest BCUT2D eigenvalue weighted by molar-refractivity contribution is 6.04. The quantitative estimate of drug-likeness (QED) is 0.866. The molecule has 0 bridgehead atoms. The van der Waals surface area contributed by atoms with Gasteiger partial charge in [-0.1, -0.05) is 37.1 Å². The SMILES string of the molecule is COCCN1C(=O)c2ccccc2[C@H](C(=O)Nc2ccccn2)C12CCCC2. The van der Waals surface area contributed by atoms with Gasteiger partial charge in [0.15, 0.2) is 0 Å². The zero-order valence-electron chi connectivity index (χ0n) is 16.1. The fraction of sp³-hybridized carbons (Fsp3) is 0.409. The van der Waals surface area contributed by atoms with Crippen molar-refractivity contribution in [3.05, 3.63) is 59.8 Å². The molecule has 1 aliphatic carbocycles. The number of rotatable bonds is 5. The van der Waals surface area contributed by atoms with Crippen LogP contribution in [0.5, 0.6) is 0 Å². The molecule has 2 aromatic rings. The lowest BCUT2D eigenvalue weighted by molar-refractivity contribution is -0.121. The first-order chi connectivity index (χ1) is 13.7. The number of methoxy groups -OCH3 is 1. The lowest BCUT2D eigenvalue weighted by atomic mass is 9.71. The van der Waals surface area contributed by atoms with Crippen molar-refractivity contribution in [2.45, 2.75) is 37.1 Å². The number of nitrogens with one attached hydrogen (secondary N) is 1. The molecular formula is C22H25N3O3. The topological polar surface area (TPSA) is 71.5 Å². The molecular weight excluding hydrogens is 354 g/mol. The van der Waals surface area contributed by atoms with Gasteiger partial charge in [-0.2, -0.15) is 0 Å². The molecule has 1 aromatic carbocycles. The van der Waals surface area contributed by atoms with E-state index in [0.717, 1.165) is 31.2 Å². The average molecular weight is 379 g/mol. The van der Waals surface area contributed by atoms with E-state index in [1.54, 1.807) is 19.4 Å². The van der Waals surface area contributed by atoms with Crippen molar-refractivity contribution in [3.8, 4) is 0 Å². The highest BCUT2D eigenvalue weighted by atomic mass is 16.5. The van der Waals surface area contributed by atoms with Gasteiger partial charge in [-0.15, -0.1) is 0 Å². The van der Waals surface area contributed by atoms with Crippen molar-refractivity contribution in [1.29, 1.82) is 0 Å². The normalized spacial score (nSPS) is 20.2. The number of nitrogens with zero attached hydrogens (tertiary/aromatic N) is 2. The molecule has 1 N–H and O–H groups in total. The molecule has 0 radical (unpaired) electrons. The highest BCUT2D eigenvalue weighted by Crippen LogP contribution is 2.50. The minimum atomic E-state index is -0.511. The molecule has 1 atom stereocenters. The predicted octanol–water partition coefficient (Wildman–Crippen LogP) is 3.22. The summed E-state index contributed by atoms with van der Waals surface area (Å²) in [5.74, 6) is -0.0133. The van der Waals surface area contributed by atoms with E-state index in [2.05, 4.69) is 10.3 Å². The number of aromatic nitrogens is 1. The second-order valence-corrected chi connectivity index (χ2v) is 7.48. The molecule has 6 nitrogen and oxygen atoms in total. The highest BCUT2D eigenvalue weighted by Gasteiger charge is 2.55. The maximum atomic E-state index is 13.5. The molecule has 28 heavy (non-hydrogen) atoms. The largest absolute Gasteiger partial charge is 0.383 e. The van der Waals surface area contributed by atoms with Gasteiger partial charge in [-0.25, -0.2) is 4.98 Å². The van der Waals surface area contributed by atoms with E-state index < -0.39 is 11.5 Å². The van der Waals surface area contributed by atoms with E-state index in [1.807, 2.05) is 41.3 Å². The Morgan fingerprint density at radius 3 is 2.68 bits per heavy atom. The van der Waals surface area contributed by atoms with Crippen LogP contribution in [0.2, 0.25) is 0 Å². The molecule has 2 amide bonds. The number of anilines is 1. The van der Waals surface area contributed by atoms with Crippen LogP contribution in [-0.4, -0.2) is 47.5 Å². The van der Waals surface area contributed by atoms with E-state index >= 15 is 0 Å². The van der Waals surface area contributed by atoms with Crippen LogP contribution in [0.3, 0.4) is 0 Å². The Labute approximate surface area is 164 Å². The van der Waals surface area contributed by atoms with E-state index in [9.17, 15) is 9.59 Å². The lowest BCUT2D eigenvalue weighted by Gasteiger charge is -2.50. The Hall–Kier alpha value is -2.73. The van der Waals surface area contributed by atoms with Crippen molar-refractivity contribution in [3.63, 3.8) is 0 Å². The summed E-state index contributed by atoms with van der Waals surface area (Å²) in [4.78, 5) is 33.0. The minimum Gasteiger partial charge on any atom is -0.383 e. The van der Waals surface area contributed by atoms with Crippen LogP contribution < -0.4 is 5.32 Å². The van der Waals surface area contributed by atoms with E-state index in [-0.39, 0.29) is 11.8 Å². The van der Waals surface area contributed by atoms with Crippen LogP contribution in [-0.2, 0) is 9.53 Å². The molecule has 1 fully saturated rings. The number of ether oxygens (including phenoxy) is 1. The molecule has 1 aromatic heterocycles. The average Bonchev–Trinajstić information content (AvgIpc) is 3.18. The van der Waals surface area contributed by atoms with Gasteiger partial charge in [0.1, 0.15) is 5.82 Å². The van der Waals surface area contributed by atoms with E-state index in [1.165, 1.54) is 0 Å². The van der Waals surface area contributed by atoms with Gasteiger partial charge in [0.05, 0.1) is 18.1 Å². The van der Waals surface area contributed by atoms with Crippen molar-refractivity contribution < 1.29 is 14.3 Å². The smallest absolute Gasteiger partial charge is 0.254 e. The number of amides is 2. The van der Waals surface area contributed by atoms with Gasteiger partial charge in [-0.3, -0.25) is 9.59 Å². The molecule has 1 saturated carbocycles. The van der Waals surface area contributed by atoms with Crippen LogP contribution in [0.25, 0.3) is 0 Å². The van der Waals surface area contributed by atoms with Gasteiger partial charge in [-0.05, 0) is 36.6 Å². The Kier molecular flexibility index (Phi) is 5.13. The number of pyridine rings is 1. The van der Waals surface area contributed by atoms with Gasteiger partial charge in [0.2, 0.25) is 5.91 Å². The van der Waals surface area contributed by atoms with Crippen molar-refractivity contribution >= 4 is 17.6 Å². The fourth-order valence-corrected chi connectivity index (χ4v) is 4.81. The molecule has 2 aliphatic rings. The number of hydrogen-bond donors (Lipinski definition) is 1. The Balaban J connectivity index is 1.79. The van der Waals surface area contributed by atoms with Crippen molar-refractivity contribution in [1.82, 2.24) is 9.88 Å². The van der Waals surface area contributed by atoms with Crippen LogP contribution in [0.4, 0.5) is 5.82 Å². The van der Waals surface area contributed by atoms with Crippen LogP contribution in [0, 0.1) is 0 Å². The Bertz CT molecular complexity index is 862. The molecule has 6 heteroatoms. The second kappa shape index (κ2) is 7.72. The number of fused-ring (bicyclic) bond motifs is 1. The third-order valence-corrected chi connectivity index (χ3v) is 5.99. The first-order valence-electron chi connectivity index (χ1n) is 9.79. The van der Waals surface area contributed by atoms with Gasteiger partial charge >= 0.3 is 0 Å². The summed E-state index contributed by atoms with van der Waals surface area (Å²) in [5, 5.41) is 2.98. The Morgan fingerprint density at radius 2 is 1.96 bits per heavy atom. The van der Waals surface area contributed by atoms with Gasteiger partial charge < -0.3 is 15.0 Å². The number of carbonyl (C=O) groups excluding carboxylic acids is 2. The summed E-state index contributed by atoms with van der Waals surface area (Å²) in [6.07, 6.45) is 5.30. The van der Waals surface area contributed by atoms with E-state index in [4.69, 9.17) is 4.74 Å². The predicted molar refractivity (Wildman–Crippen MR) is 106 cm³/mol. The number of carbonyl (C=O) groups is 2. The summed E-state index contributed by atoms with van der Waals surface area (Å²) in [7, 11) is 1.63. The fourth-order valence-electron chi connectivity index (χ4n) is 4.81. The molecule has 0 unspecified atom stereocenters. The summed E-state index contributed by atoms with van der Waals surface area (Å²) in [5.41, 5.74) is 0.914. The monoisotopic (exact) mass is 379 g/mol. The van der Waals surface area contributed by atoms with Crippen molar-refractivity contribution in [2.75, 3.05) is 25.6 Å². The molecule has 146 valence electrons. The number of hydrogen-bond acceptors (Lipinski definition) is 4. The second-order valence-electron chi connectivity index (χ2n) is 7.48. The minimum absolute atomic E-state index is 0.00330. The molecule has 2 heterocycles. The van der Waals surface area contributed by atoms with Crippen LogP contribution in [0.1, 0.15) is 47.5 Å². The number of benzene rings is 1. The summed E-state index contributed by atoms with van der Waals surface area (Å²) in [6, 6.07) is 12.9. The first kappa shape index (κ1) is 18.6. The molecule has 1 spiro atoms. The van der Waals surface area contributed by atoms with Crippen LogP contribution in [0.15, 0.2) is 48.7 Å². The third kappa shape index (κ3) is 3.07. The molecule has 0 saturated heterocycles. The van der Waals surface area contributed by atoms with Gasteiger partial charge in [0.25, 0.3) is 5.91 Å². The van der Waals surface area contributed by atoms with Crippen LogP contribution >= 0.6 is 0 Å². The zero-order valence-corrected chi connectivity index (χ0v) is 16.1. The van der Waals surface area contributed by atoms with Gasteiger partial charge in [0, 0.05) is 25.4 Å².